The van der Waals surface area contributed by atoms with Crippen molar-refractivity contribution in [1.29, 1.82) is 5.26 Å². The highest BCUT2D eigenvalue weighted by atomic mass is 35.5. The van der Waals surface area contributed by atoms with Gasteiger partial charge in [-0.05, 0) is 60.7 Å². The van der Waals surface area contributed by atoms with Crippen LogP contribution in [0.2, 0.25) is 5.02 Å². The predicted molar refractivity (Wildman–Crippen MR) is 147 cm³/mol. The second-order valence-electron chi connectivity index (χ2n) is 9.27. The number of benzene rings is 2. The minimum atomic E-state index is -0.423. The Morgan fingerprint density at radius 2 is 1.76 bits per heavy atom. The zero-order valence-corrected chi connectivity index (χ0v) is 22.6. The maximum absolute atomic E-state index is 9.98. The molecular weight excluding hydrogens is 520 g/mol. The van der Waals surface area contributed by atoms with Crippen molar-refractivity contribution in [3.05, 3.63) is 81.8 Å². The second kappa shape index (κ2) is 11.9. The van der Waals surface area contributed by atoms with E-state index in [1.54, 1.807) is 7.11 Å². The molecule has 38 heavy (non-hydrogen) atoms. The lowest BCUT2D eigenvalue weighted by Crippen LogP contribution is -2.41. The SMILES string of the molecule is COc1ccc(COCc2nnc(-c3ccc(N4CCC(C#N)(Cc5ccccc5Cl)CC4)nn3)s2)cc1. The van der Waals surface area contributed by atoms with Gasteiger partial charge in [-0.15, -0.1) is 20.4 Å². The first-order valence-corrected chi connectivity index (χ1v) is 13.5. The number of nitrogens with zero attached hydrogens (tertiary/aromatic N) is 6. The number of ether oxygens (including phenoxy) is 2. The lowest BCUT2D eigenvalue weighted by molar-refractivity contribution is 0.106. The van der Waals surface area contributed by atoms with E-state index < -0.39 is 5.41 Å². The summed E-state index contributed by atoms with van der Waals surface area (Å²) in [5, 5.41) is 29.5. The van der Waals surface area contributed by atoms with Crippen LogP contribution in [0, 0.1) is 16.7 Å². The smallest absolute Gasteiger partial charge is 0.168 e. The van der Waals surface area contributed by atoms with E-state index in [2.05, 4.69) is 31.4 Å². The van der Waals surface area contributed by atoms with Crippen LogP contribution >= 0.6 is 22.9 Å². The van der Waals surface area contributed by atoms with Crippen LogP contribution in [0.5, 0.6) is 5.75 Å². The zero-order chi connectivity index (χ0) is 26.4. The largest absolute Gasteiger partial charge is 0.497 e. The molecule has 0 N–H and O–H groups in total. The molecule has 0 atom stereocenters. The van der Waals surface area contributed by atoms with Gasteiger partial charge in [-0.1, -0.05) is 53.3 Å². The topological polar surface area (TPSA) is 97.1 Å². The molecule has 194 valence electrons. The van der Waals surface area contributed by atoms with Crippen LogP contribution in [0.15, 0.2) is 60.7 Å². The van der Waals surface area contributed by atoms with E-state index >= 15 is 0 Å². The van der Waals surface area contributed by atoms with E-state index in [4.69, 9.17) is 21.1 Å². The molecule has 0 bridgehead atoms. The highest BCUT2D eigenvalue weighted by Gasteiger charge is 2.36. The molecule has 2 aromatic carbocycles. The van der Waals surface area contributed by atoms with Crippen molar-refractivity contribution in [3.8, 4) is 22.5 Å². The monoisotopic (exact) mass is 546 g/mol. The third-order valence-corrected chi connectivity index (χ3v) is 8.05. The number of halogens is 1. The van der Waals surface area contributed by atoms with Gasteiger partial charge in [0.25, 0.3) is 0 Å². The van der Waals surface area contributed by atoms with Gasteiger partial charge in [0.2, 0.25) is 0 Å². The number of piperidine rings is 1. The van der Waals surface area contributed by atoms with E-state index in [-0.39, 0.29) is 0 Å². The Labute approximate surface area is 230 Å². The summed E-state index contributed by atoms with van der Waals surface area (Å²) in [5.41, 5.74) is 2.34. The van der Waals surface area contributed by atoms with Gasteiger partial charge < -0.3 is 14.4 Å². The number of methoxy groups -OCH3 is 1. The summed E-state index contributed by atoms with van der Waals surface area (Å²) in [6, 6.07) is 22.0. The molecule has 1 fully saturated rings. The molecule has 0 saturated carbocycles. The van der Waals surface area contributed by atoms with Crippen LogP contribution in [-0.4, -0.2) is 40.6 Å². The van der Waals surface area contributed by atoms with Gasteiger partial charge in [0.1, 0.15) is 23.1 Å². The van der Waals surface area contributed by atoms with Crippen LogP contribution in [0.4, 0.5) is 5.82 Å². The van der Waals surface area contributed by atoms with E-state index in [1.807, 2.05) is 60.7 Å². The Balaban J connectivity index is 1.15. The molecular formula is C28H27ClN6O2S. The Kier molecular flexibility index (Phi) is 8.13. The van der Waals surface area contributed by atoms with E-state index in [0.717, 1.165) is 58.7 Å². The highest BCUT2D eigenvalue weighted by molar-refractivity contribution is 7.14. The summed E-state index contributed by atoms with van der Waals surface area (Å²) >= 11 is 7.80. The minimum absolute atomic E-state index is 0.373. The molecule has 0 spiro atoms. The van der Waals surface area contributed by atoms with Gasteiger partial charge in [0.05, 0.1) is 25.2 Å². The van der Waals surface area contributed by atoms with E-state index in [0.29, 0.717) is 30.3 Å². The van der Waals surface area contributed by atoms with Crippen LogP contribution in [0.3, 0.4) is 0 Å². The number of aromatic nitrogens is 4. The summed E-state index contributed by atoms with van der Waals surface area (Å²) in [6.07, 6.45) is 2.15. The van der Waals surface area contributed by atoms with Gasteiger partial charge in [-0.25, -0.2) is 0 Å². The molecule has 0 unspecified atom stereocenters. The highest BCUT2D eigenvalue weighted by Crippen LogP contribution is 2.37. The van der Waals surface area contributed by atoms with Crippen LogP contribution in [-0.2, 0) is 24.4 Å². The lowest BCUT2D eigenvalue weighted by Gasteiger charge is -2.38. The summed E-state index contributed by atoms with van der Waals surface area (Å²) in [5.74, 6) is 1.62. The molecule has 0 aliphatic carbocycles. The first-order valence-electron chi connectivity index (χ1n) is 12.3. The molecule has 0 amide bonds. The zero-order valence-electron chi connectivity index (χ0n) is 21.0. The first kappa shape index (κ1) is 26.0. The number of nitriles is 1. The predicted octanol–water partition coefficient (Wildman–Crippen LogP) is 5.73. The fourth-order valence-electron chi connectivity index (χ4n) is 4.50. The van der Waals surface area contributed by atoms with Crippen molar-refractivity contribution in [2.45, 2.75) is 32.5 Å². The molecule has 1 aliphatic heterocycles. The van der Waals surface area contributed by atoms with Gasteiger partial charge >= 0.3 is 0 Å². The molecule has 1 aliphatic rings. The normalized spacial score (nSPS) is 14.7. The average Bonchev–Trinajstić information content (AvgIpc) is 3.44. The van der Waals surface area contributed by atoms with Crippen molar-refractivity contribution in [2.75, 3.05) is 25.1 Å². The van der Waals surface area contributed by atoms with Crippen LogP contribution in [0.1, 0.15) is 29.0 Å². The minimum Gasteiger partial charge on any atom is -0.497 e. The quantitative estimate of drug-likeness (QED) is 0.263. The van der Waals surface area contributed by atoms with E-state index in [9.17, 15) is 5.26 Å². The Bertz CT molecular complexity index is 1400. The Morgan fingerprint density at radius 1 is 0.974 bits per heavy atom. The molecule has 8 nitrogen and oxygen atoms in total. The molecule has 2 aromatic heterocycles. The summed E-state index contributed by atoms with van der Waals surface area (Å²) in [6.45, 7) is 2.33. The van der Waals surface area contributed by atoms with Crippen LogP contribution in [0.25, 0.3) is 10.7 Å². The molecule has 10 heteroatoms. The van der Waals surface area contributed by atoms with E-state index in [1.165, 1.54) is 11.3 Å². The van der Waals surface area contributed by atoms with Gasteiger partial charge in [0, 0.05) is 18.1 Å². The van der Waals surface area contributed by atoms with Crippen molar-refractivity contribution in [2.24, 2.45) is 5.41 Å². The number of rotatable bonds is 9. The molecule has 1 saturated heterocycles. The fraction of sp³-hybridized carbons (Fsp3) is 0.321. The van der Waals surface area contributed by atoms with Crippen molar-refractivity contribution >= 4 is 28.8 Å². The molecule has 5 rings (SSSR count). The van der Waals surface area contributed by atoms with Crippen molar-refractivity contribution < 1.29 is 9.47 Å². The first-order chi connectivity index (χ1) is 18.6. The Hall–Kier alpha value is -3.58. The molecule has 3 heterocycles. The van der Waals surface area contributed by atoms with Crippen LogP contribution < -0.4 is 9.64 Å². The molecule has 4 aromatic rings. The third-order valence-electron chi connectivity index (χ3n) is 6.76. The third kappa shape index (κ3) is 6.10. The standard InChI is InChI=1S/C28H27ClN6O2S/c1-36-22-8-6-20(7-9-22)17-37-18-26-33-34-27(38-26)24-10-11-25(32-31-24)35-14-12-28(19-30,13-15-35)16-21-4-2-3-5-23(21)29/h2-11H,12-18H2,1H3. The molecule has 0 radical (unpaired) electrons. The number of hydrogen-bond donors (Lipinski definition) is 0. The van der Waals surface area contributed by atoms with Gasteiger partial charge in [-0.3, -0.25) is 0 Å². The maximum atomic E-state index is 9.98. The number of hydrogen-bond acceptors (Lipinski definition) is 9. The van der Waals surface area contributed by atoms with Crippen molar-refractivity contribution in [1.82, 2.24) is 20.4 Å². The second-order valence-corrected chi connectivity index (χ2v) is 10.7. The van der Waals surface area contributed by atoms with Gasteiger partial charge in [0.15, 0.2) is 10.8 Å². The maximum Gasteiger partial charge on any atom is 0.168 e. The number of anilines is 1. The summed E-state index contributed by atoms with van der Waals surface area (Å²) < 4.78 is 11.0. The summed E-state index contributed by atoms with van der Waals surface area (Å²) in [4.78, 5) is 2.18. The fourth-order valence-corrected chi connectivity index (χ4v) is 5.44. The van der Waals surface area contributed by atoms with Crippen molar-refractivity contribution in [3.63, 3.8) is 0 Å². The average molecular weight is 547 g/mol. The summed E-state index contributed by atoms with van der Waals surface area (Å²) in [7, 11) is 1.65. The Morgan fingerprint density at radius 3 is 2.45 bits per heavy atom. The van der Waals surface area contributed by atoms with Gasteiger partial charge in [-0.2, -0.15) is 5.26 Å². The lowest BCUT2D eigenvalue weighted by atomic mass is 9.75.